The second-order valence-electron chi connectivity index (χ2n) is 6.92. The van der Waals surface area contributed by atoms with Crippen LogP contribution in [-0.2, 0) is 4.79 Å². The largest absolute Gasteiger partial charge is 0.324 e. The molecule has 3 nitrogen and oxygen atoms in total. The molecule has 2 saturated carbocycles. The van der Waals surface area contributed by atoms with Crippen LogP contribution in [0.25, 0.3) is 0 Å². The number of nitrogens with one attached hydrogen (secondary N) is 2. The molecule has 1 aromatic carbocycles. The summed E-state index contributed by atoms with van der Waals surface area (Å²) in [5, 5.41) is 6.60. The van der Waals surface area contributed by atoms with Crippen molar-refractivity contribution in [3.8, 4) is 0 Å². The lowest BCUT2D eigenvalue weighted by Crippen LogP contribution is -2.41. The van der Waals surface area contributed by atoms with Crippen LogP contribution in [0.2, 0.25) is 0 Å². The minimum atomic E-state index is -0.218. The maximum atomic E-state index is 12.3. The molecule has 2 bridgehead atoms. The number of carbonyl (C=O) groups is 1. The first-order valence-corrected chi connectivity index (χ1v) is 8.78. The monoisotopic (exact) mass is 348 g/mol. The highest BCUT2D eigenvalue weighted by molar-refractivity contribution is 9.10. The second-order valence-corrected chi connectivity index (χ2v) is 7.77. The molecule has 0 radical (unpaired) electrons. The van der Waals surface area contributed by atoms with E-state index in [-0.39, 0.29) is 11.9 Å². The highest BCUT2D eigenvalue weighted by Crippen LogP contribution is 2.50. The third kappa shape index (κ3) is 2.23. The summed E-state index contributed by atoms with van der Waals surface area (Å²) in [7, 11) is 0. The van der Waals surface area contributed by atoms with E-state index in [9.17, 15) is 4.79 Å². The maximum absolute atomic E-state index is 12.3. The van der Waals surface area contributed by atoms with Crippen LogP contribution in [0.3, 0.4) is 0 Å². The van der Waals surface area contributed by atoms with Crippen molar-refractivity contribution < 1.29 is 4.79 Å². The van der Waals surface area contributed by atoms with Crippen LogP contribution < -0.4 is 10.6 Å². The summed E-state index contributed by atoms with van der Waals surface area (Å²) in [6.07, 6.45) is 5.56. The lowest BCUT2D eigenvalue weighted by atomic mass is 9.83. The molecule has 21 heavy (non-hydrogen) atoms. The number of hydrogen-bond acceptors (Lipinski definition) is 2. The first kappa shape index (κ1) is 13.8. The molecular formula is C17H21BrN2O. The zero-order valence-electron chi connectivity index (χ0n) is 12.2. The average Bonchev–Trinajstić information content (AvgIpc) is 3.14. The van der Waals surface area contributed by atoms with Gasteiger partial charge in [-0.3, -0.25) is 10.1 Å². The van der Waals surface area contributed by atoms with Crippen molar-refractivity contribution in [2.75, 3.05) is 5.32 Å². The van der Waals surface area contributed by atoms with Crippen LogP contribution in [0.1, 0.15) is 44.2 Å². The molecule has 0 spiro atoms. The Hall–Kier alpha value is -0.870. The van der Waals surface area contributed by atoms with E-state index in [1.165, 1.54) is 25.7 Å². The minimum absolute atomic E-state index is 0.0758. The summed E-state index contributed by atoms with van der Waals surface area (Å²) in [4.78, 5) is 12.3. The Morgan fingerprint density at radius 3 is 2.90 bits per heavy atom. The summed E-state index contributed by atoms with van der Waals surface area (Å²) in [6, 6.07) is 6.13. The number of hydrogen-bond donors (Lipinski definition) is 2. The fourth-order valence-electron chi connectivity index (χ4n) is 4.73. The van der Waals surface area contributed by atoms with Crippen molar-refractivity contribution >= 4 is 27.5 Å². The second kappa shape index (κ2) is 5.10. The first-order valence-electron chi connectivity index (χ1n) is 7.99. The van der Waals surface area contributed by atoms with Gasteiger partial charge in [-0.2, -0.15) is 0 Å². The third-order valence-electron chi connectivity index (χ3n) is 5.73. The Balaban J connectivity index is 1.54. The van der Waals surface area contributed by atoms with E-state index in [1.54, 1.807) is 0 Å². The number of carbonyl (C=O) groups excluding carboxylic acids is 1. The van der Waals surface area contributed by atoms with Crippen molar-refractivity contribution in [1.82, 2.24) is 5.32 Å². The Morgan fingerprint density at radius 1 is 1.33 bits per heavy atom. The molecule has 3 aliphatic rings. The molecule has 2 fully saturated rings. The average molecular weight is 349 g/mol. The zero-order valence-corrected chi connectivity index (χ0v) is 13.8. The maximum Gasteiger partial charge on any atom is 0.246 e. The Kier molecular flexibility index (Phi) is 3.34. The summed E-state index contributed by atoms with van der Waals surface area (Å²) < 4.78 is 1.01. The molecule has 0 saturated heterocycles. The topological polar surface area (TPSA) is 41.1 Å². The highest BCUT2D eigenvalue weighted by atomic mass is 79.9. The van der Waals surface area contributed by atoms with Crippen molar-refractivity contribution in [1.29, 1.82) is 0 Å². The van der Waals surface area contributed by atoms with Gasteiger partial charge < -0.3 is 5.32 Å². The van der Waals surface area contributed by atoms with Crippen molar-refractivity contribution in [2.45, 2.75) is 44.7 Å². The van der Waals surface area contributed by atoms with Gasteiger partial charge in [0.2, 0.25) is 5.91 Å². The summed E-state index contributed by atoms with van der Waals surface area (Å²) in [5.74, 6) is 2.64. The van der Waals surface area contributed by atoms with Crippen LogP contribution in [-0.4, -0.2) is 11.9 Å². The van der Waals surface area contributed by atoms with Gasteiger partial charge in [-0.1, -0.05) is 28.4 Å². The number of halogens is 1. The summed E-state index contributed by atoms with van der Waals surface area (Å²) in [6.45, 7) is 2.26. The van der Waals surface area contributed by atoms with Gasteiger partial charge in [-0.15, -0.1) is 0 Å². The summed E-state index contributed by atoms with van der Waals surface area (Å²) >= 11 is 3.59. The number of amides is 1. The zero-order chi connectivity index (χ0) is 14.6. The van der Waals surface area contributed by atoms with Gasteiger partial charge in [-0.25, -0.2) is 0 Å². The highest BCUT2D eigenvalue weighted by Gasteiger charge is 2.43. The van der Waals surface area contributed by atoms with Crippen LogP contribution in [0, 0.1) is 17.8 Å². The molecule has 2 aliphatic carbocycles. The normalized spacial score (nSPS) is 34.9. The van der Waals surface area contributed by atoms with Crippen LogP contribution in [0.15, 0.2) is 22.7 Å². The van der Waals surface area contributed by atoms with Crippen molar-refractivity contribution in [2.24, 2.45) is 17.8 Å². The molecule has 2 N–H and O–H groups in total. The van der Waals surface area contributed by atoms with Crippen LogP contribution in [0.4, 0.5) is 5.69 Å². The van der Waals surface area contributed by atoms with Crippen LogP contribution >= 0.6 is 15.9 Å². The molecule has 0 aromatic heterocycles. The Bertz CT molecular complexity index is 588. The minimum Gasteiger partial charge on any atom is -0.324 e. The molecule has 112 valence electrons. The molecule has 4 rings (SSSR count). The van der Waals surface area contributed by atoms with E-state index in [2.05, 4.69) is 33.5 Å². The van der Waals surface area contributed by atoms with Gasteiger partial charge in [0.15, 0.2) is 0 Å². The van der Waals surface area contributed by atoms with Gasteiger partial charge in [-0.05, 0) is 56.1 Å². The lowest BCUT2D eigenvalue weighted by Gasteiger charge is -2.30. The van der Waals surface area contributed by atoms with E-state index in [0.717, 1.165) is 33.5 Å². The fourth-order valence-corrected chi connectivity index (χ4v) is 5.32. The number of anilines is 1. The lowest BCUT2D eigenvalue weighted by molar-refractivity contribution is -0.118. The van der Waals surface area contributed by atoms with E-state index in [0.29, 0.717) is 6.04 Å². The molecule has 1 aromatic rings. The predicted molar refractivity (Wildman–Crippen MR) is 87.0 cm³/mol. The smallest absolute Gasteiger partial charge is 0.246 e. The van der Waals surface area contributed by atoms with Gasteiger partial charge in [0.1, 0.15) is 6.04 Å². The first-order chi connectivity index (χ1) is 10.1. The molecule has 1 aliphatic heterocycles. The number of rotatable bonds is 3. The number of fused-ring (bicyclic) bond motifs is 3. The SMILES string of the molecule is CC(NC1C(=O)Nc2cccc(Br)c21)C1CC2CCC1C2. The molecule has 1 heterocycles. The van der Waals surface area contributed by atoms with E-state index in [1.807, 2.05) is 18.2 Å². The van der Waals surface area contributed by atoms with E-state index in [4.69, 9.17) is 0 Å². The van der Waals surface area contributed by atoms with Gasteiger partial charge in [0.05, 0.1) is 0 Å². The van der Waals surface area contributed by atoms with E-state index < -0.39 is 0 Å². The Morgan fingerprint density at radius 2 is 2.19 bits per heavy atom. The van der Waals surface area contributed by atoms with Gasteiger partial charge in [0, 0.05) is 21.8 Å². The molecule has 5 atom stereocenters. The molecule has 4 heteroatoms. The standard InChI is InChI=1S/C17H21BrN2O/c1-9(12-8-10-5-6-11(12)7-10)19-16-15-13(18)3-2-4-14(15)20-17(16)21/h2-4,9-12,16,19H,5-8H2,1H3,(H,20,21). The Labute approximate surface area is 134 Å². The van der Waals surface area contributed by atoms with Gasteiger partial charge in [0.25, 0.3) is 0 Å². The quantitative estimate of drug-likeness (QED) is 0.870. The molecule has 5 unspecified atom stereocenters. The van der Waals surface area contributed by atoms with Gasteiger partial charge >= 0.3 is 0 Å². The van der Waals surface area contributed by atoms with Crippen LogP contribution in [0.5, 0.6) is 0 Å². The summed E-state index contributed by atoms with van der Waals surface area (Å²) in [5.41, 5.74) is 2.00. The number of benzene rings is 1. The molecular weight excluding hydrogens is 328 g/mol. The third-order valence-corrected chi connectivity index (χ3v) is 6.42. The van der Waals surface area contributed by atoms with Crippen molar-refractivity contribution in [3.05, 3.63) is 28.2 Å². The molecule has 1 amide bonds. The van der Waals surface area contributed by atoms with Crippen molar-refractivity contribution in [3.63, 3.8) is 0 Å². The predicted octanol–water partition coefficient (Wildman–Crippen LogP) is 3.86. The fraction of sp³-hybridized carbons (Fsp3) is 0.588. The van der Waals surface area contributed by atoms with E-state index >= 15 is 0 Å².